The Bertz CT molecular complexity index is 765. The number of hydrogen-bond donors (Lipinski definition) is 1. The van der Waals surface area contributed by atoms with E-state index in [-0.39, 0.29) is 5.91 Å². The molecule has 3 fully saturated rings. The van der Waals surface area contributed by atoms with Crippen LogP contribution in [0.2, 0.25) is 0 Å². The maximum Gasteiger partial charge on any atom is 0.260 e. The smallest absolute Gasteiger partial charge is 0.260 e. The second-order valence-corrected chi connectivity index (χ2v) is 8.92. The van der Waals surface area contributed by atoms with E-state index in [1.807, 2.05) is 41.6 Å². The molecule has 2 aromatic rings. The van der Waals surface area contributed by atoms with Crippen LogP contribution in [0.4, 0.5) is 5.69 Å². The summed E-state index contributed by atoms with van der Waals surface area (Å²) in [5.74, 6) is 1.11. The van der Waals surface area contributed by atoms with Crippen LogP contribution >= 0.6 is 0 Å². The van der Waals surface area contributed by atoms with Crippen molar-refractivity contribution in [3.05, 3.63) is 54.4 Å². The largest absolute Gasteiger partial charge is 0.367 e. The first-order chi connectivity index (χ1) is 13.2. The van der Waals surface area contributed by atoms with Crippen LogP contribution in [0.1, 0.15) is 48.9 Å². The van der Waals surface area contributed by atoms with E-state index in [4.69, 9.17) is 0 Å². The van der Waals surface area contributed by atoms with E-state index in [0.29, 0.717) is 11.5 Å². The summed E-state index contributed by atoms with van der Waals surface area (Å²) in [7, 11) is 0. The van der Waals surface area contributed by atoms with Crippen LogP contribution in [-0.4, -0.2) is 41.5 Å². The highest BCUT2D eigenvalue weighted by molar-refractivity contribution is 6.06. The summed E-state index contributed by atoms with van der Waals surface area (Å²) in [5, 5.41) is 0. The third kappa shape index (κ3) is 3.43. The predicted octanol–water partition coefficient (Wildman–Crippen LogP) is 4.32. The predicted molar refractivity (Wildman–Crippen MR) is 108 cm³/mol. The standard InChI is InChI=1S/C23H29N3O/c27-22(19-8-11-24-16-19)26(20-4-2-1-3-5-20)21-14-23(15-21)9-12-25(13-10-23)17-18-6-7-18/h1-5,8,11,16,18,21,24H,6-7,9-10,12-15,17H2. The Hall–Kier alpha value is -2.07. The van der Waals surface area contributed by atoms with Crippen molar-refractivity contribution < 1.29 is 4.79 Å². The Morgan fingerprint density at radius 1 is 1.11 bits per heavy atom. The number of benzene rings is 1. The first-order valence-electron chi connectivity index (χ1n) is 10.5. The lowest BCUT2D eigenvalue weighted by Crippen LogP contribution is -2.56. The molecular formula is C23H29N3O. The topological polar surface area (TPSA) is 39.3 Å². The summed E-state index contributed by atoms with van der Waals surface area (Å²) in [5.41, 5.74) is 2.24. The van der Waals surface area contributed by atoms with Gasteiger partial charge in [0.15, 0.2) is 0 Å². The molecule has 1 aromatic carbocycles. The zero-order valence-electron chi connectivity index (χ0n) is 15.9. The molecule has 0 bridgehead atoms. The molecule has 2 aliphatic carbocycles. The molecule has 3 aliphatic rings. The fourth-order valence-corrected chi connectivity index (χ4v) is 5.08. The Kier molecular flexibility index (Phi) is 4.31. The minimum absolute atomic E-state index is 0.119. The lowest BCUT2D eigenvalue weighted by molar-refractivity contribution is 0.0140. The first kappa shape index (κ1) is 17.1. The number of rotatable bonds is 5. The van der Waals surface area contributed by atoms with Gasteiger partial charge in [0.25, 0.3) is 5.91 Å². The van der Waals surface area contributed by atoms with Gasteiger partial charge in [-0.2, -0.15) is 0 Å². The number of para-hydroxylation sites is 1. The average molecular weight is 364 g/mol. The van der Waals surface area contributed by atoms with Gasteiger partial charge in [-0.1, -0.05) is 18.2 Å². The molecule has 1 spiro atoms. The van der Waals surface area contributed by atoms with Crippen molar-refractivity contribution in [2.24, 2.45) is 11.3 Å². The molecule has 1 aliphatic heterocycles. The van der Waals surface area contributed by atoms with Crippen LogP contribution in [0, 0.1) is 11.3 Å². The van der Waals surface area contributed by atoms with Crippen molar-refractivity contribution in [3.63, 3.8) is 0 Å². The molecule has 1 saturated heterocycles. The monoisotopic (exact) mass is 363 g/mol. The van der Waals surface area contributed by atoms with Gasteiger partial charge >= 0.3 is 0 Å². The van der Waals surface area contributed by atoms with Crippen molar-refractivity contribution in [2.45, 2.75) is 44.6 Å². The van der Waals surface area contributed by atoms with Crippen LogP contribution in [0.5, 0.6) is 0 Å². The second kappa shape index (κ2) is 6.83. The summed E-state index contributed by atoms with van der Waals surface area (Å²) >= 11 is 0. The van der Waals surface area contributed by atoms with Gasteiger partial charge in [0, 0.05) is 30.7 Å². The zero-order valence-corrected chi connectivity index (χ0v) is 15.9. The van der Waals surface area contributed by atoms with Gasteiger partial charge in [-0.25, -0.2) is 0 Å². The maximum absolute atomic E-state index is 13.2. The summed E-state index contributed by atoms with van der Waals surface area (Å²) in [6.07, 6.45) is 11.4. The number of anilines is 1. The Labute approximate surface area is 161 Å². The first-order valence-corrected chi connectivity index (χ1v) is 10.5. The van der Waals surface area contributed by atoms with Gasteiger partial charge in [-0.05, 0) is 81.1 Å². The SMILES string of the molecule is O=C(c1cc[nH]c1)N(c1ccccc1)C1CC2(CCN(CC3CC3)CC2)C1. The number of nitrogens with zero attached hydrogens (tertiary/aromatic N) is 2. The average Bonchev–Trinajstić information content (AvgIpc) is 3.31. The van der Waals surface area contributed by atoms with Crippen LogP contribution in [-0.2, 0) is 0 Å². The molecule has 1 aromatic heterocycles. The quantitative estimate of drug-likeness (QED) is 0.859. The fourth-order valence-electron chi connectivity index (χ4n) is 5.08. The molecular weight excluding hydrogens is 334 g/mol. The highest BCUT2D eigenvalue weighted by atomic mass is 16.2. The molecule has 2 saturated carbocycles. The normalized spacial score (nSPS) is 22.5. The molecule has 2 heterocycles. The minimum atomic E-state index is 0.119. The molecule has 27 heavy (non-hydrogen) atoms. The third-order valence-electron chi connectivity index (χ3n) is 6.93. The molecule has 0 unspecified atom stereocenters. The van der Waals surface area contributed by atoms with Crippen LogP contribution in [0.3, 0.4) is 0 Å². The summed E-state index contributed by atoms with van der Waals surface area (Å²) in [6.45, 7) is 3.82. The van der Waals surface area contributed by atoms with Gasteiger partial charge in [0.2, 0.25) is 0 Å². The Morgan fingerprint density at radius 2 is 1.85 bits per heavy atom. The van der Waals surface area contributed by atoms with Gasteiger partial charge < -0.3 is 14.8 Å². The number of carbonyl (C=O) groups is 1. The van der Waals surface area contributed by atoms with Gasteiger partial charge in [0.05, 0.1) is 5.56 Å². The third-order valence-corrected chi connectivity index (χ3v) is 6.93. The summed E-state index contributed by atoms with van der Waals surface area (Å²) in [4.78, 5) is 20.9. The minimum Gasteiger partial charge on any atom is -0.367 e. The molecule has 142 valence electrons. The summed E-state index contributed by atoms with van der Waals surface area (Å²) < 4.78 is 0. The van der Waals surface area contributed by atoms with Crippen molar-refractivity contribution in [2.75, 3.05) is 24.5 Å². The van der Waals surface area contributed by atoms with E-state index >= 15 is 0 Å². The van der Waals surface area contributed by atoms with Gasteiger partial charge in [0.1, 0.15) is 0 Å². The van der Waals surface area contributed by atoms with Crippen molar-refractivity contribution in [1.29, 1.82) is 0 Å². The molecule has 0 radical (unpaired) electrons. The molecule has 1 N–H and O–H groups in total. The molecule has 0 atom stereocenters. The number of H-pyrrole nitrogens is 1. The highest BCUT2D eigenvalue weighted by Crippen LogP contribution is 2.52. The van der Waals surface area contributed by atoms with Crippen LogP contribution < -0.4 is 4.90 Å². The van der Waals surface area contributed by atoms with E-state index in [1.54, 1.807) is 0 Å². The van der Waals surface area contributed by atoms with Crippen LogP contribution in [0.25, 0.3) is 0 Å². The number of amides is 1. The maximum atomic E-state index is 13.2. The molecule has 4 heteroatoms. The van der Waals surface area contributed by atoms with E-state index in [9.17, 15) is 4.79 Å². The summed E-state index contributed by atoms with van der Waals surface area (Å²) in [6, 6.07) is 12.4. The van der Waals surface area contributed by atoms with E-state index in [2.05, 4.69) is 22.0 Å². The second-order valence-electron chi connectivity index (χ2n) is 8.92. The number of piperidine rings is 1. The molecule has 1 amide bonds. The van der Waals surface area contributed by atoms with E-state index in [0.717, 1.165) is 30.0 Å². The number of carbonyl (C=O) groups excluding carboxylic acids is 1. The number of aromatic amines is 1. The van der Waals surface area contributed by atoms with Crippen molar-refractivity contribution >= 4 is 11.6 Å². The number of nitrogens with one attached hydrogen (secondary N) is 1. The van der Waals surface area contributed by atoms with Crippen LogP contribution in [0.15, 0.2) is 48.8 Å². The fraction of sp³-hybridized carbons (Fsp3) is 0.522. The molecule has 5 rings (SSSR count). The van der Waals surface area contributed by atoms with E-state index < -0.39 is 0 Å². The number of likely N-dealkylation sites (tertiary alicyclic amines) is 1. The van der Waals surface area contributed by atoms with Gasteiger partial charge in [-0.3, -0.25) is 4.79 Å². The number of aromatic nitrogens is 1. The van der Waals surface area contributed by atoms with Crippen molar-refractivity contribution in [3.8, 4) is 0 Å². The number of hydrogen-bond acceptors (Lipinski definition) is 2. The van der Waals surface area contributed by atoms with Gasteiger partial charge in [-0.15, -0.1) is 0 Å². The zero-order chi connectivity index (χ0) is 18.3. The lowest BCUT2D eigenvalue weighted by atomic mass is 9.60. The molecule has 4 nitrogen and oxygen atoms in total. The van der Waals surface area contributed by atoms with E-state index in [1.165, 1.54) is 45.3 Å². The Balaban J connectivity index is 1.28. The highest BCUT2D eigenvalue weighted by Gasteiger charge is 2.49. The lowest BCUT2D eigenvalue weighted by Gasteiger charge is -2.55. The Morgan fingerprint density at radius 3 is 2.48 bits per heavy atom. The van der Waals surface area contributed by atoms with Crippen molar-refractivity contribution in [1.82, 2.24) is 9.88 Å².